The summed E-state index contributed by atoms with van der Waals surface area (Å²) in [6.45, 7) is 0.217. The molecule has 3 rings (SSSR count). The molecule has 0 bridgehead atoms. The summed E-state index contributed by atoms with van der Waals surface area (Å²) in [5.74, 6) is -1.06. The zero-order chi connectivity index (χ0) is 14.3. The van der Waals surface area contributed by atoms with Crippen LogP contribution in [0.15, 0.2) is 24.7 Å². The molecule has 2 aromatic rings. The van der Waals surface area contributed by atoms with Crippen LogP contribution in [0.3, 0.4) is 0 Å². The standard InChI is InChI=1S/C12H10N4O4/c17-9-2-4-16(12(20)14-9)10-8-5-7(11(18)19)1-3-15(8)6-13-10/h1,3,5-6H,2,4H2,(H,18,19)(H,14,17,20). The van der Waals surface area contributed by atoms with E-state index in [0.717, 1.165) is 0 Å². The minimum Gasteiger partial charge on any atom is -0.478 e. The third kappa shape index (κ3) is 1.87. The fourth-order valence-corrected chi connectivity index (χ4v) is 2.08. The molecule has 8 heteroatoms. The van der Waals surface area contributed by atoms with E-state index in [-0.39, 0.29) is 24.4 Å². The molecule has 0 atom stereocenters. The summed E-state index contributed by atoms with van der Waals surface area (Å²) in [7, 11) is 0. The van der Waals surface area contributed by atoms with Crippen molar-refractivity contribution in [2.45, 2.75) is 6.42 Å². The number of imide groups is 1. The molecule has 3 heterocycles. The highest BCUT2D eigenvalue weighted by molar-refractivity contribution is 6.07. The summed E-state index contributed by atoms with van der Waals surface area (Å²) in [4.78, 5) is 39.4. The van der Waals surface area contributed by atoms with E-state index in [4.69, 9.17) is 5.11 Å². The minimum absolute atomic E-state index is 0.104. The van der Waals surface area contributed by atoms with Gasteiger partial charge in [-0.2, -0.15) is 0 Å². The molecule has 0 spiro atoms. The van der Waals surface area contributed by atoms with Crippen LogP contribution in [0.2, 0.25) is 0 Å². The van der Waals surface area contributed by atoms with E-state index in [9.17, 15) is 14.4 Å². The number of carbonyl (C=O) groups excluding carboxylic acids is 2. The van der Waals surface area contributed by atoms with Gasteiger partial charge in [-0.15, -0.1) is 0 Å². The van der Waals surface area contributed by atoms with Crippen LogP contribution in [0.25, 0.3) is 5.52 Å². The molecule has 0 unspecified atom stereocenters. The number of carboxylic acid groups (broad SMARTS) is 1. The summed E-state index contributed by atoms with van der Waals surface area (Å²) < 4.78 is 1.62. The predicted octanol–water partition coefficient (Wildman–Crippen LogP) is 0.479. The Balaban J connectivity index is 2.07. The first-order valence-corrected chi connectivity index (χ1v) is 5.87. The maximum atomic E-state index is 11.8. The van der Waals surface area contributed by atoms with E-state index in [1.54, 1.807) is 10.6 Å². The quantitative estimate of drug-likeness (QED) is 0.828. The molecule has 3 amide bonds. The van der Waals surface area contributed by atoms with Crippen molar-refractivity contribution in [2.75, 3.05) is 11.4 Å². The molecule has 1 fully saturated rings. The van der Waals surface area contributed by atoms with Crippen molar-refractivity contribution in [3.05, 3.63) is 30.2 Å². The van der Waals surface area contributed by atoms with Crippen LogP contribution in [0.1, 0.15) is 16.8 Å². The first-order valence-electron chi connectivity index (χ1n) is 5.87. The summed E-state index contributed by atoms with van der Waals surface area (Å²) in [6, 6.07) is 2.33. The number of carboxylic acids is 1. The largest absolute Gasteiger partial charge is 0.478 e. The van der Waals surface area contributed by atoms with Crippen molar-refractivity contribution in [3.8, 4) is 0 Å². The average molecular weight is 274 g/mol. The van der Waals surface area contributed by atoms with Gasteiger partial charge in [-0.05, 0) is 12.1 Å². The van der Waals surface area contributed by atoms with Crippen LogP contribution in [-0.4, -0.2) is 38.9 Å². The van der Waals surface area contributed by atoms with Crippen LogP contribution < -0.4 is 10.2 Å². The van der Waals surface area contributed by atoms with Gasteiger partial charge in [0.2, 0.25) is 5.91 Å². The Bertz CT molecular complexity index is 736. The molecule has 8 nitrogen and oxygen atoms in total. The average Bonchev–Trinajstić information content (AvgIpc) is 2.81. The number of carbonyl (C=O) groups is 3. The molecule has 0 aromatic carbocycles. The molecular weight excluding hydrogens is 264 g/mol. The second-order valence-corrected chi connectivity index (χ2v) is 4.34. The summed E-state index contributed by atoms with van der Waals surface area (Å²) >= 11 is 0. The monoisotopic (exact) mass is 274 g/mol. The van der Waals surface area contributed by atoms with Gasteiger partial charge in [0.25, 0.3) is 0 Å². The number of nitrogens with one attached hydrogen (secondary N) is 1. The molecule has 20 heavy (non-hydrogen) atoms. The first-order chi connectivity index (χ1) is 9.56. The number of fused-ring (bicyclic) bond motifs is 1. The van der Waals surface area contributed by atoms with Gasteiger partial charge in [-0.3, -0.25) is 15.0 Å². The van der Waals surface area contributed by atoms with Crippen LogP contribution in [0, 0.1) is 0 Å². The molecule has 102 valence electrons. The van der Waals surface area contributed by atoms with Crippen LogP contribution in [0.5, 0.6) is 0 Å². The number of hydrogen-bond acceptors (Lipinski definition) is 4. The van der Waals surface area contributed by atoms with Gasteiger partial charge in [-0.1, -0.05) is 0 Å². The van der Waals surface area contributed by atoms with Gasteiger partial charge in [-0.25, -0.2) is 14.6 Å². The maximum Gasteiger partial charge on any atom is 0.335 e. The Morgan fingerprint density at radius 2 is 2.20 bits per heavy atom. The number of imidazole rings is 1. The summed E-state index contributed by atoms with van der Waals surface area (Å²) in [5.41, 5.74) is 0.599. The Morgan fingerprint density at radius 3 is 2.90 bits per heavy atom. The molecule has 2 aromatic heterocycles. The number of aromatic carboxylic acids is 1. The number of nitrogens with zero attached hydrogens (tertiary/aromatic N) is 3. The Labute approximate surface area is 112 Å². The lowest BCUT2D eigenvalue weighted by molar-refractivity contribution is -0.120. The Morgan fingerprint density at radius 1 is 1.40 bits per heavy atom. The SMILES string of the molecule is O=C1CCN(c2ncn3ccc(C(=O)O)cc23)C(=O)N1. The Hall–Kier alpha value is -2.90. The van der Waals surface area contributed by atoms with Crippen molar-refractivity contribution >= 4 is 29.2 Å². The number of amides is 3. The van der Waals surface area contributed by atoms with Gasteiger partial charge in [0, 0.05) is 19.2 Å². The Kier molecular flexibility index (Phi) is 2.63. The van der Waals surface area contributed by atoms with Gasteiger partial charge in [0.1, 0.15) is 6.33 Å². The third-order valence-corrected chi connectivity index (χ3v) is 3.08. The smallest absolute Gasteiger partial charge is 0.335 e. The zero-order valence-electron chi connectivity index (χ0n) is 10.2. The predicted molar refractivity (Wildman–Crippen MR) is 67.7 cm³/mol. The van der Waals surface area contributed by atoms with Gasteiger partial charge in [0.15, 0.2) is 5.82 Å². The zero-order valence-corrected chi connectivity index (χ0v) is 10.2. The van der Waals surface area contributed by atoms with Crippen LogP contribution in [0.4, 0.5) is 10.6 Å². The molecule has 1 aliphatic rings. The maximum absolute atomic E-state index is 11.8. The lowest BCUT2D eigenvalue weighted by Crippen LogP contribution is -2.49. The highest BCUT2D eigenvalue weighted by Crippen LogP contribution is 2.22. The van der Waals surface area contributed by atoms with Crippen molar-refractivity contribution < 1.29 is 19.5 Å². The van der Waals surface area contributed by atoms with Gasteiger partial charge < -0.3 is 9.51 Å². The van der Waals surface area contributed by atoms with Crippen molar-refractivity contribution in [3.63, 3.8) is 0 Å². The lowest BCUT2D eigenvalue weighted by Gasteiger charge is -2.24. The van der Waals surface area contributed by atoms with Gasteiger partial charge >= 0.3 is 12.0 Å². The normalized spacial score (nSPS) is 15.5. The van der Waals surface area contributed by atoms with Crippen LogP contribution >= 0.6 is 0 Å². The molecule has 2 N–H and O–H groups in total. The molecule has 0 radical (unpaired) electrons. The van der Waals surface area contributed by atoms with E-state index in [1.807, 2.05) is 0 Å². The number of anilines is 1. The third-order valence-electron chi connectivity index (χ3n) is 3.08. The fourth-order valence-electron chi connectivity index (χ4n) is 2.08. The van der Waals surface area contributed by atoms with E-state index < -0.39 is 12.0 Å². The highest BCUT2D eigenvalue weighted by Gasteiger charge is 2.27. The number of pyridine rings is 1. The topological polar surface area (TPSA) is 104 Å². The second kappa shape index (κ2) is 4.34. The first kappa shape index (κ1) is 12.2. The fraction of sp³-hybridized carbons (Fsp3) is 0.167. The highest BCUT2D eigenvalue weighted by atomic mass is 16.4. The van der Waals surface area contributed by atoms with Crippen molar-refractivity contribution in [1.82, 2.24) is 14.7 Å². The number of hydrogen-bond donors (Lipinski definition) is 2. The van der Waals surface area contributed by atoms with Crippen molar-refractivity contribution in [1.29, 1.82) is 0 Å². The minimum atomic E-state index is -1.06. The molecular formula is C12H10N4O4. The number of rotatable bonds is 2. The molecule has 1 saturated heterocycles. The summed E-state index contributed by atoms with van der Waals surface area (Å²) in [5, 5.41) is 11.2. The van der Waals surface area contributed by atoms with E-state index >= 15 is 0 Å². The summed E-state index contributed by atoms with van der Waals surface area (Å²) in [6.07, 6.45) is 3.23. The van der Waals surface area contributed by atoms with E-state index in [2.05, 4.69) is 10.3 Å². The van der Waals surface area contributed by atoms with E-state index in [1.165, 1.54) is 23.4 Å². The van der Waals surface area contributed by atoms with E-state index in [0.29, 0.717) is 11.3 Å². The molecule has 1 aliphatic heterocycles. The lowest BCUT2D eigenvalue weighted by atomic mass is 10.2. The van der Waals surface area contributed by atoms with Crippen molar-refractivity contribution in [2.24, 2.45) is 0 Å². The second-order valence-electron chi connectivity index (χ2n) is 4.34. The van der Waals surface area contributed by atoms with Crippen LogP contribution in [-0.2, 0) is 4.79 Å². The molecule has 0 saturated carbocycles. The number of urea groups is 1. The molecule has 0 aliphatic carbocycles. The number of aromatic nitrogens is 2. The van der Waals surface area contributed by atoms with Gasteiger partial charge in [0.05, 0.1) is 11.1 Å².